The average molecular weight is 498 g/mol. The Morgan fingerprint density at radius 2 is 2.09 bits per heavy atom. The van der Waals surface area contributed by atoms with Crippen molar-refractivity contribution < 1.29 is 24.2 Å². The number of carbonyl (C=O) groups excluding carboxylic acids is 2. The van der Waals surface area contributed by atoms with Crippen LogP contribution in [0.25, 0.3) is 22.4 Å². The lowest BCUT2D eigenvalue weighted by molar-refractivity contribution is -0.139. The van der Waals surface area contributed by atoms with Crippen LogP contribution in [0.15, 0.2) is 24.5 Å². The standard InChI is InChI=1S/C21H21ClF3N7O2.H2/c1-2-26-19(33)14-7-16(32-5-3-4-15(32)20(34)29-10-21(23,24)25)31-18(30-14)13-9-28-17-12(13)6-11(22)8-27-17;/h6-9,15H,2-5,10H2,1H3,(H,26,33)(H,27,28)(H,29,34);1H/t15-;/m1./s1. The number of anilines is 1. The largest absolute Gasteiger partial charge is 0.405 e. The maximum Gasteiger partial charge on any atom is 0.405 e. The Hall–Kier alpha value is -3.41. The number of aromatic nitrogens is 4. The van der Waals surface area contributed by atoms with Gasteiger partial charge in [0.05, 0.1) is 5.02 Å². The van der Waals surface area contributed by atoms with Gasteiger partial charge in [-0.2, -0.15) is 13.2 Å². The molecule has 1 saturated heterocycles. The lowest BCUT2D eigenvalue weighted by Gasteiger charge is -2.25. The van der Waals surface area contributed by atoms with Crippen LogP contribution in [0.2, 0.25) is 5.02 Å². The van der Waals surface area contributed by atoms with E-state index in [0.29, 0.717) is 47.6 Å². The summed E-state index contributed by atoms with van der Waals surface area (Å²) in [7, 11) is 0. The third-order valence-corrected chi connectivity index (χ3v) is 5.54. The number of fused-ring (bicyclic) bond motifs is 1. The zero-order valence-electron chi connectivity index (χ0n) is 18.0. The third-order valence-electron chi connectivity index (χ3n) is 5.33. The fraction of sp³-hybridized carbons (Fsp3) is 0.381. The Morgan fingerprint density at radius 1 is 1.29 bits per heavy atom. The number of nitrogens with one attached hydrogen (secondary N) is 3. The van der Waals surface area contributed by atoms with Gasteiger partial charge in [0.1, 0.15) is 29.7 Å². The molecule has 0 saturated carbocycles. The van der Waals surface area contributed by atoms with E-state index < -0.39 is 30.6 Å². The van der Waals surface area contributed by atoms with Crippen LogP contribution in [0.4, 0.5) is 19.0 Å². The summed E-state index contributed by atoms with van der Waals surface area (Å²) in [5.74, 6) is -0.742. The number of halogens is 4. The summed E-state index contributed by atoms with van der Waals surface area (Å²) in [6.45, 7) is 1.09. The summed E-state index contributed by atoms with van der Waals surface area (Å²) in [6, 6.07) is 2.26. The maximum absolute atomic E-state index is 12.6. The number of hydrogen-bond donors (Lipinski definition) is 3. The minimum absolute atomic E-state index is 0. The molecule has 4 rings (SSSR count). The third kappa shape index (κ3) is 5.06. The monoisotopic (exact) mass is 497 g/mol. The van der Waals surface area contributed by atoms with Crippen molar-refractivity contribution in [3.63, 3.8) is 0 Å². The normalized spacial score (nSPS) is 16.1. The summed E-state index contributed by atoms with van der Waals surface area (Å²) >= 11 is 6.09. The molecule has 3 aromatic rings. The molecule has 4 heterocycles. The SMILES string of the molecule is CCNC(=O)c1cc(N2CCC[C@@H]2C(=O)NCC(F)(F)F)nc(-c2c[nH]c3ncc(Cl)cc23)n1.[HH]. The molecule has 34 heavy (non-hydrogen) atoms. The van der Waals surface area contributed by atoms with E-state index in [-0.39, 0.29) is 18.8 Å². The van der Waals surface area contributed by atoms with Crippen LogP contribution in [-0.2, 0) is 4.79 Å². The summed E-state index contributed by atoms with van der Waals surface area (Å²) in [5, 5.41) is 5.64. The van der Waals surface area contributed by atoms with Crippen molar-refractivity contribution in [3.05, 3.63) is 35.2 Å². The quantitative estimate of drug-likeness (QED) is 0.481. The first-order valence-corrected chi connectivity index (χ1v) is 11.0. The summed E-state index contributed by atoms with van der Waals surface area (Å²) in [6.07, 6.45) is -0.474. The van der Waals surface area contributed by atoms with Crippen LogP contribution in [0.5, 0.6) is 0 Å². The summed E-state index contributed by atoms with van der Waals surface area (Å²) in [4.78, 5) is 42.9. The highest BCUT2D eigenvalue weighted by Crippen LogP contribution is 2.31. The van der Waals surface area contributed by atoms with Gasteiger partial charge in [0.25, 0.3) is 5.91 Å². The highest BCUT2D eigenvalue weighted by molar-refractivity contribution is 6.31. The van der Waals surface area contributed by atoms with Gasteiger partial charge in [0, 0.05) is 43.9 Å². The van der Waals surface area contributed by atoms with Crippen LogP contribution in [-0.4, -0.2) is 63.6 Å². The molecule has 0 spiro atoms. The smallest absolute Gasteiger partial charge is 0.351 e. The molecule has 13 heteroatoms. The first-order chi connectivity index (χ1) is 16.2. The second kappa shape index (κ2) is 9.45. The van der Waals surface area contributed by atoms with Crippen molar-refractivity contribution in [3.8, 4) is 11.4 Å². The Kier molecular flexibility index (Phi) is 6.60. The van der Waals surface area contributed by atoms with Crippen molar-refractivity contribution in [2.75, 3.05) is 24.5 Å². The van der Waals surface area contributed by atoms with Gasteiger partial charge >= 0.3 is 6.18 Å². The van der Waals surface area contributed by atoms with Gasteiger partial charge in [-0.1, -0.05) is 11.6 Å². The topological polar surface area (TPSA) is 116 Å². The van der Waals surface area contributed by atoms with Gasteiger partial charge in [0.15, 0.2) is 5.82 Å². The van der Waals surface area contributed by atoms with Gasteiger partial charge in [-0.05, 0) is 25.8 Å². The van der Waals surface area contributed by atoms with E-state index in [0.717, 1.165) is 0 Å². The van der Waals surface area contributed by atoms with E-state index in [2.05, 4.69) is 25.3 Å². The highest BCUT2D eigenvalue weighted by atomic mass is 35.5. The Morgan fingerprint density at radius 3 is 2.82 bits per heavy atom. The number of nitrogens with zero attached hydrogens (tertiary/aromatic N) is 4. The van der Waals surface area contributed by atoms with E-state index in [1.54, 1.807) is 24.1 Å². The number of aromatic amines is 1. The molecule has 0 radical (unpaired) electrons. The first kappa shape index (κ1) is 23.7. The lowest BCUT2D eigenvalue weighted by Crippen LogP contribution is -2.46. The molecular formula is C21H23ClF3N7O2. The van der Waals surface area contributed by atoms with Gasteiger partial charge < -0.3 is 20.5 Å². The molecular weight excluding hydrogens is 475 g/mol. The van der Waals surface area contributed by atoms with Crippen LogP contribution in [0.1, 0.15) is 31.7 Å². The predicted molar refractivity (Wildman–Crippen MR) is 122 cm³/mol. The van der Waals surface area contributed by atoms with Crippen LogP contribution < -0.4 is 15.5 Å². The maximum atomic E-state index is 12.6. The van der Waals surface area contributed by atoms with Crippen molar-refractivity contribution in [2.24, 2.45) is 0 Å². The van der Waals surface area contributed by atoms with Crippen molar-refractivity contribution in [1.82, 2.24) is 30.6 Å². The molecule has 1 fully saturated rings. The zero-order valence-corrected chi connectivity index (χ0v) is 18.8. The lowest BCUT2D eigenvalue weighted by atomic mass is 10.2. The Balaban J connectivity index is 0.00000342. The second-order valence-electron chi connectivity index (χ2n) is 7.73. The van der Waals surface area contributed by atoms with Gasteiger partial charge in [-0.3, -0.25) is 9.59 Å². The average Bonchev–Trinajstić information content (AvgIpc) is 3.44. The molecule has 1 atom stereocenters. The second-order valence-corrected chi connectivity index (χ2v) is 8.17. The summed E-state index contributed by atoms with van der Waals surface area (Å²) in [5.41, 5.74) is 1.14. The molecule has 3 aromatic heterocycles. The molecule has 0 aromatic carbocycles. The molecule has 1 aliphatic heterocycles. The molecule has 0 unspecified atom stereocenters. The minimum atomic E-state index is -4.52. The first-order valence-electron chi connectivity index (χ1n) is 10.6. The number of amides is 2. The van der Waals surface area contributed by atoms with Crippen LogP contribution >= 0.6 is 11.6 Å². The molecule has 1 aliphatic rings. The molecule has 9 nitrogen and oxygen atoms in total. The molecule has 3 N–H and O–H groups in total. The van der Waals surface area contributed by atoms with E-state index in [9.17, 15) is 22.8 Å². The fourth-order valence-electron chi connectivity index (χ4n) is 3.85. The van der Waals surface area contributed by atoms with Crippen molar-refractivity contribution in [2.45, 2.75) is 32.0 Å². The van der Waals surface area contributed by atoms with Crippen molar-refractivity contribution >= 4 is 40.3 Å². The molecule has 182 valence electrons. The van der Waals surface area contributed by atoms with Gasteiger partial charge in [-0.15, -0.1) is 0 Å². The predicted octanol–water partition coefficient (Wildman–Crippen LogP) is 3.32. The van der Waals surface area contributed by atoms with E-state index in [4.69, 9.17) is 11.6 Å². The number of pyridine rings is 1. The number of carbonyl (C=O) groups is 2. The van der Waals surface area contributed by atoms with Crippen molar-refractivity contribution in [1.29, 1.82) is 0 Å². The summed E-state index contributed by atoms with van der Waals surface area (Å²) < 4.78 is 37.8. The number of H-pyrrole nitrogens is 1. The van der Waals surface area contributed by atoms with Crippen LogP contribution in [0, 0.1) is 0 Å². The fourth-order valence-corrected chi connectivity index (χ4v) is 4.01. The van der Waals surface area contributed by atoms with E-state index in [1.165, 1.54) is 12.3 Å². The molecule has 2 amide bonds. The van der Waals surface area contributed by atoms with E-state index >= 15 is 0 Å². The molecule has 0 aliphatic carbocycles. The minimum Gasteiger partial charge on any atom is -0.351 e. The number of rotatable bonds is 6. The number of alkyl halides is 3. The molecule has 0 bridgehead atoms. The van der Waals surface area contributed by atoms with E-state index in [1.807, 2.05) is 5.32 Å². The zero-order chi connectivity index (χ0) is 24.5. The Bertz CT molecular complexity index is 1240. The number of hydrogen-bond acceptors (Lipinski definition) is 6. The highest BCUT2D eigenvalue weighted by Gasteiger charge is 2.35. The van der Waals surface area contributed by atoms with Gasteiger partial charge in [0.2, 0.25) is 5.91 Å². The Labute approximate surface area is 198 Å². The van der Waals surface area contributed by atoms with Gasteiger partial charge in [-0.25, -0.2) is 15.0 Å². The van der Waals surface area contributed by atoms with Crippen LogP contribution in [0.3, 0.4) is 0 Å².